The van der Waals surface area contributed by atoms with Crippen molar-refractivity contribution in [2.75, 3.05) is 33.2 Å². The summed E-state index contributed by atoms with van der Waals surface area (Å²) >= 11 is 0. The first-order valence-corrected chi connectivity index (χ1v) is 7.06. The van der Waals surface area contributed by atoms with E-state index in [-0.39, 0.29) is 11.9 Å². The van der Waals surface area contributed by atoms with Crippen LogP contribution in [0, 0.1) is 11.7 Å². The van der Waals surface area contributed by atoms with Crippen molar-refractivity contribution >= 4 is 0 Å². The molecule has 1 aromatic carbocycles. The van der Waals surface area contributed by atoms with Gasteiger partial charge in [0.2, 0.25) is 0 Å². The standard InChI is InChI=1S/C15H21FN2O/c1-17-8-11-4-5-18(9-11)10-14-7-12-6-13(16)2-3-15(12)19-14/h2-3,6,11,14,17H,4-5,7-10H2,1H3. The van der Waals surface area contributed by atoms with Gasteiger partial charge >= 0.3 is 0 Å². The number of likely N-dealkylation sites (tertiary alicyclic amines) is 1. The Morgan fingerprint density at radius 3 is 3.21 bits per heavy atom. The van der Waals surface area contributed by atoms with Crippen molar-refractivity contribution in [3.63, 3.8) is 0 Å². The van der Waals surface area contributed by atoms with Crippen molar-refractivity contribution in [2.45, 2.75) is 18.9 Å². The maximum Gasteiger partial charge on any atom is 0.123 e. The van der Waals surface area contributed by atoms with Crippen molar-refractivity contribution in [3.8, 4) is 5.75 Å². The molecule has 2 atom stereocenters. The molecule has 0 amide bonds. The van der Waals surface area contributed by atoms with E-state index in [0.717, 1.165) is 49.8 Å². The molecule has 2 heterocycles. The Morgan fingerprint density at radius 2 is 2.37 bits per heavy atom. The lowest BCUT2D eigenvalue weighted by atomic mass is 10.1. The molecule has 2 aliphatic rings. The van der Waals surface area contributed by atoms with Gasteiger partial charge in [-0.2, -0.15) is 0 Å². The topological polar surface area (TPSA) is 24.5 Å². The number of benzene rings is 1. The minimum absolute atomic E-state index is 0.168. The molecule has 19 heavy (non-hydrogen) atoms. The van der Waals surface area contributed by atoms with Crippen LogP contribution in [0.4, 0.5) is 4.39 Å². The van der Waals surface area contributed by atoms with Crippen LogP contribution < -0.4 is 10.1 Å². The van der Waals surface area contributed by atoms with Crippen molar-refractivity contribution in [1.29, 1.82) is 0 Å². The van der Waals surface area contributed by atoms with E-state index >= 15 is 0 Å². The molecule has 0 bridgehead atoms. The highest BCUT2D eigenvalue weighted by Crippen LogP contribution is 2.30. The molecule has 1 N–H and O–H groups in total. The maximum absolute atomic E-state index is 13.2. The van der Waals surface area contributed by atoms with Crippen molar-refractivity contribution in [3.05, 3.63) is 29.6 Å². The average molecular weight is 264 g/mol. The third kappa shape index (κ3) is 2.90. The fraction of sp³-hybridized carbons (Fsp3) is 0.600. The number of fused-ring (bicyclic) bond motifs is 1. The Hall–Kier alpha value is -1.13. The molecular weight excluding hydrogens is 243 g/mol. The molecule has 3 rings (SSSR count). The average Bonchev–Trinajstić information content (AvgIpc) is 2.96. The summed E-state index contributed by atoms with van der Waals surface area (Å²) < 4.78 is 19.1. The van der Waals surface area contributed by atoms with Crippen LogP contribution in [0.15, 0.2) is 18.2 Å². The Labute approximate surface area is 113 Å². The van der Waals surface area contributed by atoms with E-state index in [1.165, 1.54) is 12.5 Å². The van der Waals surface area contributed by atoms with Gasteiger partial charge in [0.1, 0.15) is 17.7 Å². The van der Waals surface area contributed by atoms with Gasteiger partial charge in [0.05, 0.1) is 0 Å². The molecule has 2 unspecified atom stereocenters. The van der Waals surface area contributed by atoms with Crippen molar-refractivity contribution in [2.24, 2.45) is 5.92 Å². The van der Waals surface area contributed by atoms with Gasteiger partial charge in [-0.15, -0.1) is 0 Å². The predicted molar refractivity (Wildman–Crippen MR) is 73.0 cm³/mol. The fourth-order valence-corrected chi connectivity index (χ4v) is 3.21. The van der Waals surface area contributed by atoms with E-state index in [4.69, 9.17) is 4.74 Å². The summed E-state index contributed by atoms with van der Waals surface area (Å²) in [5, 5.41) is 3.24. The second kappa shape index (κ2) is 5.47. The zero-order chi connectivity index (χ0) is 13.2. The van der Waals surface area contributed by atoms with E-state index in [0.29, 0.717) is 0 Å². The second-order valence-electron chi connectivity index (χ2n) is 5.67. The van der Waals surface area contributed by atoms with Gasteiger partial charge in [-0.05, 0) is 50.7 Å². The summed E-state index contributed by atoms with van der Waals surface area (Å²) in [6.45, 7) is 4.34. The number of hydrogen-bond donors (Lipinski definition) is 1. The molecule has 0 aliphatic carbocycles. The largest absolute Gasteiger partial charge is 0.488 e. The number of ether oxygens (including phenoxy) is 1. The minimum Gasteiger partial charge on any atom is -0.488 e. The van der Waals surface area contributed by atoms with Gasteiger partial charge in [-0.3, -0.25) is 4.90 Å². The van der Waals surface area contributed by atoms with Crippen molar-refractivity contribution in [1.82, 2.24) is 10.2 Å². The highest BCUT2D eigenvalue weighted by Gasteiger charge is 2.28. The molecule has 0 aromatic heterocycles. The normalized spacial score (nSPS) is 26.4. The highest BCUT2D eigenvalue weighted by atomic mass is 19.1. The SMILES string of the molecule is CNCC1CCN(CC2Cc3cc(F)ccc3O2)C1. The fourth-order valence-electron chi connectivity index (χ4n) is 3.21. The lowest BCUT2D eigenvalue weighted by Gasteiger charge is -2.20. The summed E-state index contributed by atoms with van der Waals surface area (Å²) in [5.74, 6) is 1.45. The number of hydrogen-bond acceptors (Lipinski definition) is 3. The molecule has 0 radical (unpaired) electrons. The molecule has 104 valence electrons. The maximum atomic E-state index is 13.2. The Kier molecular flexibility index (Phi) is 3.71. The van der Waals surface area contributed by atoms with E-state index in [9.17, 15) is 4.39 Å². The zero-order valence-electron chi connectivity index (χ0n) is 11.4. The molecule has 0 saturated carbocycles. The first kappa shape index (κ1) is 12.9. The molecule has 1 saturated heterocycles. The smallest absolute Gasteiger partial charge is 0.123 e. The van der Waals surface area contributed by atoms with E-state index in [1.807, 2.05) is 7.05 Å². The second-order valence-corrected chi connectivity index (χ2v) is 5.67. The molecule has 4 heteroatoms. The zero-order valence-corrected chi connectivity index (χ0v) is 11.4. The molecule has 0 spiro atoms. The van der Waals surface area contributed by atoms with Gasteiger partial charge in [0, 0.05) is 25.1 Å². The van der Waals surface area contributed by atoms with Crippen LogP contribution in [0.25, 0.3) is 0 Å². The van der Waals surface area contributed by atoms with Crippen LogP contribution in [0.2, 0.25) is 0 Å². The molecule has 1 fully saturated rings. The van der Waals surface area contributed by atoms with Crippen LogP contribution in [0.3, 0.4) is 0 Å². The van der Waals surface area contributed by atoms with E-state index in [1.54, 1.807) is 12.1 Å². The summed E-state index contributed by atoms with van der Waals surface area (Å²) in [4.78, 5) is 2.47. The predicted octanol–water partition coefficient (Wildman–Crippen LogP) is 1.67. The van der Waals surface area contributed by atoms with Gasteiger partial charge in [-0.1, -0.05) is 0 Å². The molecule has 2 aliphatic heterocycles. The Bertz CT molecular complexity index is 452. The Morgan fingerprint density at radius 1 is 1.47 bits per heavy atom. The van der Waals surface area contributed by atoms with Gasteiger partial charge in [0.15, 0.2) is 0 Å². The quantitative estimate of drug-likeness (QED) is 0.895. The highest BCUT2D eigenvalue weighted by molar-refractivity contribution is 5.37. The van der Waals surface area contributed by atoms with Gasteiger partial charge < -0.3 is 10.1 Å². The van der Waals surface area contributed by atoms with Crippen LogP contribution in [0.1, 0.15) is 12.0 Å². The molecular formula is C15H21FN2O. The molecule has 1 aromatic rings. The number of nitrogens with one attached hydrogen (secondary N) is 1. The monoisotopic (exact) mass is 264 g/mol. The van der Waals surface area contributed by atoms with Crippen LogP contribution in [-0.2, 0) is 6.42 Å². The number of rotatable bonds is 4. The van der Waals surface area contributed by atoms with Crippen LogP contribution >= 0.6 is 0 Å². The third-order valence-electron chi connectivity index (χ3n) is 4.09. The Balaban J connectivity index is 1.54. The third-order valence-corrected chi connectivity index (χ3v) is 4.09. The summed E-state index contributed by atoms with van der Waals surface area (Å²) in [7, 11) is 2.01. The lowest BCUT2D eigenvalue weighted by Crippen LogP contribution is -2.34. The van der Waals surface area contributed by atoms with Crippen molar-refractivity contribution < 1.29 is 9.13 Å². The summed E-state index contributed by atoms with van der Waals surface area (Å²) in [5.41, 5.74) is 1.01. The van der Waals surface area contributed by atoms with Gasteiger partial charge in [-0.25, -0.2) is 4.39 Å². The molecule has 3 nitrogen and oxygen atoms in total. The lowest BCUT2D eigenvalue weighted by molar-refractivity contribution is 0.165. The van der Waals surface area contributed by atoms with E-state index in [2.05, 4.69) is 10.2 Å². The summed E-state index contributed by atoms with van der Waals surface area (Å²) in [6, 6.07) is 4.82. The van der Waals surface area contributed by atoms with Gasteiger partial charge in [0.25, 0.3) is 0 Å². The minimum atomic E-state index is -0.168. The first-order valence-electron chi connectivity index (χ1n) is 7.06. The number of nitrogens with zero attached hydrogens (tertiary/aromatic N) is 1. The number of halogens is 1. The van der Waals surface area contributed by atoms with E-state index < -0.39 is 0 Å². The van der Waals surface area contributed by atoms with Crippen LogP contribution in [-0.4, -0.2) is 44.2 Å². The summed E-state index contributed by atoms with van der Waals surface area (Å²) in [6.07, 6.45) is 2.28. The van der Waals surface area contributed by atoms with Crippen LogP contribution in [0.5, 0.6) is 5.75 Å². The first-order chi connectivity index (χ1) is 9.24.